The van der Waals surface area contributed by atoms with E-state index in [1.165, 1.54) is 0 Å². The Labute approximate surface area is 41.8 Å². The molecule has 0 unspecified atom stereocenters. The molecule has 2 heteroatoms. The van der Waals surface area contributed by atoms with Gasteiger partial charge in [0.2, 0.25) is 0 Å². The Morgan fingerprint density at radius 3 is 1.86 bits per heavy atom. The number of hydrogen-bond acceptors (Lipinski definition) is 0. The number of hydrogen-bond donors (Lipinski definition) is 0. The van der Waals surface area contributed by atoms with Gasteiger partial charge in [-0.15, -0.1) is 0 Å². The SMILES string of the molecule is CC/C(F)=C(\C)F. The molecule has 0 atom stereocenters. The molecule has 0 aromatic heterocycles. The van der Waals surface area contributed by atoms with E-state index in [0.717, 1.165) is 6.92 Å². The normalized spacial score (nSPS) is 13.7. The summed E-state index contributed by atoms with van der Waals surface area (Å²) in [5.74, 6) is -1.36. The van der Waals surface area contributed by atoms with Gasteiger partial charge in [0.25, 0.3) is 0 Å². The van der Waals surface area contributed by atoms with E-state index in [-0.39, 0.29) is 6.42 Å². The average Bonchev–Trinajstić information content (AvgIpc) is 1.65. The third-order valence-corrected chi connectivity index (χ3v) is 0.684. The van der Waals surface area contributed by atoms with Gasteiger partial charge in [-0.3, -0.25) is 0 Å². The minimum absolute atomic E-state index is 0.155. The third kappa shape index (κ3) is 2.31. The van der Waals surface area contributed by atoms with Crippen LogP contribution in [0.5, 0.6) is 0 Å². The van der Waals surface area contributed by atoms with Crippen LogP contribution >= 0.6 is 0 Å². The van der Waals surface area contributed by atoms with E-state index in [1.54, 1.807) is 6.92 Å². The fourth-order valence-electron chi connectivity index (χ4n) is 0.244. The molecular weight excluding hydrogens is 98.1 g/mol. The van der Waals surface area contributed by atoms with Crippen LogP contribution in [0.3, 0.4) is 0 Å². The van der Waals surface area contributed by atoms with Crippen LogP contribution < -0.4 is 0 Å². The molecule has 0 aromatic carbocycles. The van der Waals surface area contributed by atoms with Crippen LogP contribution in [0.1, 0.15) is 20.3 Å². The van der Waals surface area contributed by atoms with Crippen LogP contribution in [0.15, 0.2) is 11.7 Å². The fourth-order valence-corrected chi connectivity index (χ4v) is 0.244. The summed E-state index contributed by atoms with van der Waals surface area (Å²) in [5, 5.41) is 0. The highest BCUT2D eigenvalue weighted by molar-refractivity contribution is 4.94. The molecule has 42 valence electrons. The van der Waals surface area contributed by atoms with E-state index in [0.29, 0.717) is 0 Å². The lowest BCUT2D eigenvalue weighted by molar-refractivity contribution is 0.518. The first-order valence-electron chi connectivity index (χ1n) is 2.19. The standard InChI is InChI=1S/C5H8F2/c1-3-5(7)4(2)6/h3H2,1-2H3/b5-4-. The molecule has 0 fully saturated rings. The summed E-state index contributed by atoms with van der Waals surface area (Å²) in [7, 11) is 0. The Balaban J connectivity index is 3.72. The highest BCUT2D eigenvalue weighted by atomic mass is 19.2. The highest BCUT2D eigenvalue weighted by Crippen LogP contribution is 2.08. The average molecular weight is 106 g/mol. The van der Waals surface area contributed by atoms with E-state index in [1.807, 2.05) is 0 Å². The Morgan fingerprint density at radius 1 is 1.43 bits per heavy atom. The van der Waals surface area contributed by atoms with Crippen LogP contribution in [0.4, 0.5) is 8.78 Å². The van der Waals surface area contributed by atoms with E-state index >= 15 is 0 Å². The smallest absolute Gasteiger partial charge is 0.131 e. The molecule has 0 heterocycles. The van der Waals surface area contributed by atoms with Gasteiger partial charge in [0.15, 0.2) is 0 Å². The Kier molecular flexibility index (Phi) is 2.56. The first-order chi connectivity index (χ1) is 3.18. The maximum atomic E-state index is 11.8. The molecule has 0 saturated carbocycles. The zero-order valence-electron chi connectivity index (χ0n) is 4.46. The van der Waals surface area contributed by atoms with Crippen molar-refractivity contribution in [2.45, 2.75) is 20.3 Å². The maximum absolute atomic E-state index is 11.8. The van der Waals surface area contributed by atoms with Crippen molar-refractivity contribution in [1.29, 1.82) is 0 Å². The van der Waals surface area contributed by atoms with Gasteiger partial charge >= 0.3 is 0 Å². The Morgan fingerprint density at radius 2 is 1.86 bits per heavy atom. The van der Waals surface area contributed by atoms with E-state index in [4.69, 9.17) is 0 Å². The summed E-state index contributed by atoms with van der Waals surface area (Å²) in [5.41, 5.74) is 0. The van der Waals surface area contributed by atoms with E-state index < -0.39 is 11.7 Å². The molecule has 0 radical (unpaired) electrons. The molecule has 0 amide bonds. The lowest BCUT2D eigenvalue weighted by Gasteiger charge is -1.85. The van der Waals surface area contributed by atoms with Crippen LogP contribution in [-0.4, -0.2) is 0 Å². The minimum atomic E-state index is -0.706. The third-order valence-electron chi connectivity index (χ3n) is 0.684. The maximum Gasteiger partial charge on any atom is 0.131 e. The first-order valence-corrected chi connectivity index (χ1v) is 2.19. The summed E-state index contributed by atoms with van der Waals surface area (Å²) < 4.78 is 23.4. The molecule has 0 nitrogen and oxygen atoms in total. The molecule has 0 aliphatic rings. The quantitative estimate of drug-likeness (QED) is 0.482. The van der Waals surface area contributed by atoms with E-state index in [2.05, 4.69) is 0 Å². The summed E-state index contributed by atoms with van der Waals surface area (Å²) in [6, 6.07) is 0. The number of rotatable bonds is 1. The minimum Gasteiger partial charge on any atom is -0.209 e. The second kappa shape index (κ2) is 2.72. The van der Waals surface area contributed by atoms with Crippen LogP contribution in [0.2, 0.25) is 0 Å². The second-order valence-electron chi connectivity index (χ2n) is 1.29. The number of halogens is 2. The van der Waals surface area contributed by atoms with Crippen LogP contribution in [0, 0.1) is 0 Å². The van der Waals surface area contributed by atoms with Crippen molar-refractivity contribution >= 4 is 0 Å². The molecule has 0 aromatic rings. The predicted molar refractivity (Wildman–Crippen MR) is 25.2 cm³/mol. The molecule has 0 bridgehead atoms. The van der Waals surface area contributed by atoms with Crippen molar-refractivity contribution in [2.75, 3.05) is 0 Å². The van der Waals surface area contributed by atoms with Crippen LogP contribution in [0.25, 0.3) is 0 Å². The van der Waals surface area contributed by atoms with Crippen LogP contribution in [-0.2, 0) is 0 Å². The number of allylic oxidation sites excluding steroid dienone is 2. The van der Waals surface area contributed by atoms with Crippen molar-refractivity contribution in [3.05, 3.63) is 11.7 Å². The van der Waals surface area contributed by atoms with Crippen molar-refractivity contribution in [2.24, 2.45) is 0 Å². The molecule has 0 saturated heterocycles. The fraction of sp³-hybridized carbons (Fsp3) is 0.600. The van der Waals surface area contributed by atoms with Crippen molar-refractivity contribution in [3.63, 3.8) is 0 Å². The highest BCUT2D eigenvalue weighted by Gasteiger charge is 1.93. The van der Waals surface area contributed by atoms with Gasteiger partial charge in [-0.25, -0.2) is 8.78 Å². The Bertz CT molecular complexity index is 80.1. The molecular formula is C5H8F2. The zero-order chi connectivity index (χ0) is 5.86. The summed E-state index contributed by atoms with van der Waals surface area (Å²) in [6.07, 6.45) is 0.155. The summed E-state index contributed by atoms with van der Waals surface area (Å²) in [6.45, 7) is 2.68. The predicted octanol–water partition coefficient (Wildman–Crippen LogP) is 2.57. The van der Waals surface area contributed by atoms with E-state index in [9.17, 15) is 8.78 Å². The van der Waals surface area contributed by atoms with Gasteiger partial charge in [0, 0.05) is 0 Å². The van der Waals surface area contributed by atoms with Crippen molar-refractivity contribution in [1.82, 2.24) is 0 Å². The Hall–Kier alpha value is -0.400. The van der Waals surface area contributed by atoms with Crippen molar-refractivity contribution < 1.29 is 8.78 Å². The van der Waals surface area contributed by atoms with Gasteiger partial charge in [0.1, 0.15) is 11.7 Å². The first kappa shape index (κ1) is 6.60. The topological polar surface area (TPSA) is 0 Å². The second-order valence-corrected chi connectivity index (χ2v) is 1.29. The van der Waals surface area contributed by atoms with Gasteiger partial charge in [-0.2, -0.15) is 0 Å². The zero-order valence-corrected chi connectivity index (χ0v) is 4.46. The van der Waals surface area contributed by atoms with Gasteiger partial charge in [0.05, 0.1) is 0 Å². The molecule has 0 spiro atoms. The lowest BCUT2D eigenvalue weighted by Crippen LogP contribution is -1.69. The van der Waals surface area contributed by atoms with Gasteiger partial charge in [-0.1, -0.05) is 6.92 Å². The monoisotopic (exact) mass is 106 g/mol. The largest absolute Gasteiger partial charge is 0.209 e. The lowest BCUT2D eigenvalue weighted by atomic mass is 10.4. The van der Waals surface area contributed by atoms with Crippen molar-refractivity contribution in [3.8, 4) is 0 Å². The summed E-state index contributed by atoms with van der Waals surface area (Å²) in [4.78, 5) is 0. The molecule has 0 aliphatic heterocycles. The summed E-state index contributed by atoms with van der Waals surface area (Å²) >= 11 is 0. The molecule has 0 N–H and O–H groups in total. The molecule has 0 aliphatic carbocycles. The van der Waals surface area contributed by atoms with Gasteiger partial charge in [-0.05, 0) is 13.3 Å². The molecule has 7 heavy (non-hydrogen) atoms. The van der Waals surface area contributed by atoms with Gasteiger partial charge < -0.3 is 0 Å². The molecule has 0 rings (SSSR count).